The normalized spacial score (nSPS) is 16.8. The van der Waals surface area contributed by atoms with Gasteiger partial charge in [-0.25, -0.2) is 0 Å². The van der Waals surface area contributed by atoms with Crippen LogP contribution in [0.1, 0.15) is 35.9 Å². The topological polar surface area (TPSA) is 50.2 Å². The van der Waals surface area contributed by atoms with E-state index in [-0.39, 0.29) is 5.56 Å². The molecule has 20 heavy (non-hydrogen) atoms. The standard InChI is InChI=1S/C12H17F3N4O/c1-8(2)19-10(12(13,14)15)9(7-17-19)11(20)18-5-3-16-4-6-18/h7-8,16H,3-6H2,1-2H3. The maximum absolute atomic E-state index is 13.2. The molecule has 0 spiro atoms. The zero-order valence-electron chi connectivity index (χ0n) is 11.4. The van der Waals surface area contributed by atoms with E-state index in [0.717, 1.165) is 10.9 Å². The summed E-state index contributed by atoms with van der Waals surface area (Å²) in [6, 6.07) is -0.462. The largest absolute Gasteiger partial charge is 0.433 e. The van der Waals surface area contributed by atoms with Gasteiger partial charge in [0.1, 0.15) is 0 Å². The Labute approximate surface area is 114 Å². The number of aromatic nitrogens is 2. The van der Waals surface area contributed by atoms with Crippen molar-refractivity contribution in [3.05, 3.63) is 17.5 Å². The summed E-state index contributed by atoms with van der Waals surface area (Å²) >= 11 is 0. The summed E-state index contributed by atoms with van der Waals surface area (Å²) in [7, 11) is 0. The Morgan fingerprint density at radius 2 is 1.95 bits per heavy atom. The van der Waals surface area contributed by atoms with Crippen LogP contribution in [0.15, 0.2) is 6.20 Å². The first kappa shape index (κ1) is 14.8. The molecule has 1 aliphatic heterocycles. The third kappa shape index (κ3) is 2.79. The second-order valence-corrected chi connectivity index (χ2v) is 4.99. The third-order valence-electron chi connectivity index (χ3n) is 3.19. The maximum Gasteiger partial charge on any atom is 0.433 e. The van der Waals surface area contributed by atoms with Gasteiger partial charge in [0, 0.05) is 32.2 Å². The van der Waals surface area contributed by atoms with Crippen LogP contribution in [0.25, 0.3) is 0 Å². The molecular weight excluding hydrogens is 273 g/mol. The van der Waals surface area contributed by atoms with Gasteiger partial charge in [-0.05, 0) is 13.8 Å². The number of alkyl halides is 3. The molecule has 0 saturated carbocycles. The van der Waals surface area contributed by atoms with Crippen molar-refractivity contribution in [1.29, 1.82) is 0 Å². The minimum absolute atomic E-state index is 0.367. The predicted octanol–water partition coefficient (Wildman–Crippen LogP) is 1.53. The van der Waals surface area contributed by atoms with Crippen LogP contribution < -0.4 is 5.32 Å². The Morgan fingerprint density at radius 3 is 2.45 bits per heavy atom. The van der Waals surface area contributed by atoms with Crippen molar-refractivity contribution in [3.63, 3.8) is 0 Å². The molecule has 0 aromatic carbocycles. The maximum atomic E-state index is 13.2. The van der Waals surface area contributed by atoms with E-state index >= 15 is 0 Å². The van der Waals surface area contributed by atoms with Gasteiger partial charge in [0.05, 0.1) is 11.8 Å². The molecule has 1 aromatic heterocycles. The first-order chi connectivity index (χ1) is 9.32. The third-order valence-corrected chi connectivity index (χ3v) is 3.19. The van der Waals surface area contributed by atoms with Crippen molar-refractivity contribution in [2.75, 3.05) is 26.2 Å². The van der Waals surface area contributed by atoms with Gasteiger partial charge in [0.2, 0.25) is 0 Å². The fourth-order valence-electron chi connectivity index (χ4n) is 2.23. The summed E-state index contributed by atoms with van der Waals surface area (Å²) < 4.78 is 40.4. The van der Waals surface area contributed by atoms with Crippen molar-refractivity contribution in [1.82, 2.24) is 20.0 Å². The van der Waals surface area contributed by atoms with Crippen molar-refractivity contribution in [3.8, 4) is 0 Å². The number of halogens is 3. The van der Waals surface area contributed by atoms with Gasteiger partial charge in [-0.2, -0.15) is 18.3 Å². The number of nitrogens with one attached hydrogen (secondary N) is 1. The lowest BCUT2D eigenvalue weighted by molar-refractivity contribution is -0.145. The van der Waals surface area contributed by atoms with Gasteiger partial charge in [-0.3, -0.25) is 9.48 Å². The SMILES string of the molecule is CC(C)n1ncc(C(=O)N2CCNCC2)c1C(F)(F)F. The van der Waals surface area contributed by atoms with Crippen molar-refractivity contribution in [2.24, 2.45) is 0 Å². The number of carbonyl (C=O) groups excluding carboxylic acids is 1. The molecular formula is C12H17F3N4O. The van der Waals surface area contributed by atoms with Crippen LogP contribution in [0.5, 0.6) is 0 Å². The molecule has 0 aliphatic carbocycles. The van der Waals surface area contributed by atoms with Crippen LogP contribution in [0.4, 0.5) is 13.2 Å². The van der Waals surface area contributed by atoms with Crippen molar-refractivity contribution in [2.45, 2.75) is 26.1 Å². The quantitative estimate of drug-likeness (QED) is 0.898. The van der Waals surface area contributed by atoms with E-state index in [0.29, 0.717) is 26.2 Å². The number of rotatable bonds is 2. The van der Waals surface area contributed by atoms with E-state index in [1.165, 1.54) is 4.90 Å². The fourth-order valence-corrected chi connectivity index (χ4v) is 2.23. The highest BCUT2D eigenvalue weighted by molar-refractivity contribution is 5.95. The number of carbonyl (C=O) groups is 1. The first-order valence-corrected chi connectivity index (χ1v) is 6.47. The number of piperazine rings is 1. The molecule has 0 unspecified atom stereocenters. The van der Waals surface area contributed by atoms with Crippen LogP contribution in [0.2, 0.25) is 0 Å². The number of nitrogens with zero attached hydrogens (tertiary/aromatic N) is 3. The van der Waals surface area contributed by atoms with E-state index in [1.54, 1.807) is 13.8 Å². The number of hydrogen-bond acceptors (Lipinski definition) is 3. The molecule has 1 N–H and O–H groups in total. The molecule has 112 valence electrons. The van der Waals surface area contributed by atoms with Gasteiger partial charge in [0.25, 0.3) is 5.91 Å². The van der Waals surface area contributed by atoms with Crippen LogP contribution >= 0.6 is 0 Å². The predicted molar refractivity (Wildman–Crippen MR) is 66.4 cm³/mol. The monoisotopic (exact) mass is 290 g/mol. The molecule has 1 aliphatic rings. The van der Waals surface area contributed by atoms with Gasteiger partial charge in [0.15, 0.2) is 5.69 Å². The van der Waals surface area contributed by atoms with Crippen LogP contribution in [0.3, 0.4) is 0 Å². The van der Waals surface area contributed by atoms with Crippen LogP contribution in [-0.2, 0) is 6.18 Å². The first-order valence-electron chi connectivity index (χ1n) is 6.47. The highest BCUT2D eigenvalue weighted by atomic mass is 19.4. The lowest BCUT2D eigenvalue weighted by atomic mass is 10.2. The zero-order chi connectivity index (χ0) is 14.9. The summed E-state index contributed by atoms with van der Waals surface area (Å²) in [6.07, 6.45) is -3.58. The van der Waals surface area contributed by atoms with Gasteiger partial charge in [-0.1, -0.05) is 0 Å². The van der Waals surface area contributed by atoms with Gasteiger partial charge < -0.3 is 10.2 Å². The van der Waals surface area contributed by atoms with E-state index < -0.39 is 23.8 Å². The summed E-state index contributed by atoms with van der Waals surface area (Å²) in [5.41, 5.74) is -1.33. The van der Waals surface area contributed by atoms with E-state index in [2.05, 4.69) is 10.4 Å². The van der Waals surface area contributed by atoms with Crippen LogP contribution in [-0.4, -0.2) is 46.8 Å². The van der Waals surface area contributed by atoms with Crippen LogP contribution in [0, 0.1) is 0 Å². The summed E-state index contributed by atoms with van der Waals surface area (Å²) in [6.45, 7) is 5.19. The van der Waals surface area contributed by atoms with Crippen molar-refractivity contribution < 1.29 is 18.0 Å². The average molecular weight is 290 g/mol. The minimum atomic E-state index is -4.60. The lowest BCUT2D eigenvalue weighted by Gasteiger charge is -2.27. The molecule has 0 atom stereocenters. The summed E-state index contributed by atoms with van der Waals surface area (Å²) in [4.78, 5) is 13.7. The zero-order valence-corrected chi connectivity index (χ0v) is 11.4. The number of hydrogen-bond donors (Lipinski definition) is 1. The molecule has 2 heterocycles. The second kappa shape index (κ2) is 5.43. The molecule has 5 nitrogen and oxygen atoms in total. The van der Waals surface area contributed by atoms with E-state index in [4.69, 9.17) is 0 Å². The minimum Gasteiger partial charge on any atom is -0.336 e. The Balaban J connectivity index is 2.38. The molecule has 8 heteroatoms. The Hall–Kier alpha value is -1.57. The Morgan fingerprint density at radius 1 is 1.35 bits per heavy atom. The smallest absolute Gasteiger partial charge is 0.336 e. The molecule has 1 fully saturated rings. The number of amides is 1. The Bertz CT molecular complexity index is 489. The molecule has 0 bridgehead atoms. The molecule has 1 amide bonds. The van der Waals surface area contributed by atoms with Gasteiger partial charge in [-0.15, -0.1) is 0 Å². The van der Waals surface area contributed by atoms with E-state index in [9.17, 15) is 18.0 Å². The lowest BCUT2D eigenvalue weighted by Crippen LogP contribution is -2.46. The Kier molecular flexibility index (Phi) is 4.03. The van der Waals surface area contributed by atoms with Crippen molar-refractivity contribution >= 4 is 5.91 Å². The fraction of sp³-hybridized carbons (Fsp3) is 0.667. The molecule has 1 aromatic rings. The highest BCUT2D eigenvalue weighted by Crippen LogP contribution is 2.34. The molecule has 1 saturated heterocycles. The second-order valence-electron chi connectivity index (χ2n) is 4.99. The highest BCUT2D eigenvalue weighted by Gasteiger charge is 2.41. The molecule has 2 rings (SSSR count). The van der Waals surface area contributed by atoms with Gasteiger partial charge >= 0.3 is 6.18 Å². The summed E-state index contributed by atoms with van der Waals surface area (Å²) in [5, 5.41) is 6.78. The van der Waals surface area contributed by atoms with E-state index in [1.807, 2.05) is 0 Å². The average Bonchev–Trinajstić information content (AvgIpc) is 2.83. The summed E-state index contributed by atoms with van der Waals surface area (Å²) in [5.74, 6) is -0.606. The molecule has 0 radical (unpaired) electrons.